The lowest BCUT2D eigenvalue weighted by Gasteiger charge is -2.24. The van der Waals surface area contributed by atoms with Gasteiger partial charge in [0, 0.05) is 11.1 Å². The molecule has 2 heterocycles. The maximum Gasteiger partial charge on any atom is 0.322 e. The van der Waals surface area contributed by atoms with Crippen molar-refractivity contribution >= 4 is 38.9 Å². The highest BCUT2D eigenvalue weighted by atomic mass is 32.2. The quantitative estimate of drug-likeness (QED) is 0.247. The van der Waals surface area contributed by atoms with Crippen LogP contribution in [0, 0.1) is 5.92 Å². The summed E-state index contributed by atoms with van der Waals surface area (Å²) in [5, 5.41) is 14.5. The van der Waals surface area contributed by atoms with Gasteiger partial charge >= 0.3 is 5.97 Å². The molecule has 0 fully saturated rings. The zero-order valence-corrected chi connectivity index (χ0v) is 23.7. The summed E-state index contributed by atoms with van der Waals surface area (Å²) in [6.45, 7) is 3.56. The molecule has 0 saturated heterocycles. The Morgan fingerprint density at radius 2 is 1.61 bits per heavy atom. The number of para-hydroxylation sites is 2. The van der Waals surface area contributed by atoms with Crippen molar-refractivity contribution in [2.45, 2.75) is 30.9 Å². The van der Waals surface area contributed by atoms with E-state index in [1.807, 2.05) is 24.3 Å². The first-order chi connectivity index (χ1) is 19.6. The number of nitrogens with zero attached hydrogens (tertiary/aromatic N) is 1. The number of aliphatic carboxylic acids is 1. The first-order valence-electron chi connectivity index (χ1n) is 12.7. The molecule has 1 unspecified atom stereocenters. The lowest BCUT2D eigenvalue weighted by molar-refractivity contribution is -0.140. The minimum absolute atomic E-state index is 0.0333. The maximum absolute atomic E-state index is 12.8. The normalized spacial score (nSPS) is 15.3. The largest absolute Gasteiger partial charge is 0.485 e. The summed E-state index contributed by atoms with van der Waals surface area (Å²) in [6, 6.07) is 19.4. The van der Waals surface area contributed by atoms with Crippen molar-refractivity contribution in [1.29, 1.82) is 0 Å². The monoisotopic (exact) mass is 593 g/mol. The van der Waals surface area contributed by atoms with Crippen LogP contribution in [-0.4, -0.2) is 43.0 Å². The van der Waals surface area contributed by atoms with Crippen LogP contribution < -0.4 is 19.5 Å². The first-order valence-corrected chi connectivity index (χ1v) is 15.1. The summed E-state index contributed by atoms with van der Waals surface area (Å²) in [4.78, 5) is 28.6. The Hall–Kier alpha value is -4.26. The van der Waals surface area contributed by atoms with Gasteiger partial charge < -0.3 is 19.9 Å². The summed E-state index contributed by atoms with van der Waals surface area (Å²) < 4.78 is 39.3. The molecule has 212 valence electrons. The summed E-state index contributed by atoms with van der Waals surface area (Å²) in [7, 11) is -4.01. The zero-order chi connectivity index (χ0) is 29.1. The smallest absolute Gasteiger partial charge is 0.322 e. The number of sulfonamides is 1. The summed E-state index contributed by atoms with van der Waals surface area (Å²) in [5.41, 5.74) is 2.39. The van der Waals surface area contributed by atoms with Crippen LogP contribution in [0.2, 0.25) is 0 Å². The second-order valence-corrected chi connectivity index (χ2v) is 12.3. The molecule has 0 saturated carbocycles. The second kappa shape index (κ2) is 11.7. The van der Waals surface area contributed by atoms with Crippen molar-refractivity contribution in [3.8, 4) is 22.6 Å². The first kappa shape index (κ1) is 28.3. The standard InChI is InChI=1S/C29H27N3O7S2/c1-17(2)26(29(34)35)32-41(36,37)21-13-9-19(10-14-21)18-7-11-20(12-8-18)30-27(33)22-16-40-28(31-22)25-15-38-23-5-3-4-6-24(23)39-25/h3-14,16-17,25-26,32H,15H2,1-2H3,(H,30,33)(H,34,35)/t25?,26-/m0/s1. The predicted octanol–water partition coefficient (Wildman–Crippen LogP) is 4.96. The molecule has 4 aromatic rings. The fraction of sp³-hybridized carbons (Fsp3) is 0.207. The van der Waals surface area contributed by atoms with Gasteiger partial charge in [0.1, 0.15) is 23.4 Å². The Balaban J connectivity index is 1.21. The highest BCUT2D eigenvalue weighted by molar-refractivity contribution is 7.89. The summed E-state index contributed by atoms with van der Waals surface area (Å²) in [5.74, 6) is -0.704. The number of anilines is 1. The van der Waals surface area contributed by atoms with Crippen molar-refractivity contribution in [3.05, 3.63) is 88.9 Å². The number of rotatable bonds is 9. The van der Waals surface area contributed by atoms with E-state index in [0.29, 0.717) is 28.8 Å². The van der Waals surface area contributed by atoms with Gasteiger partial charge in [-0.15, -0.1) is 11.3 Å². The molecule has 1 aliphatic rings. The zero-order valence-electron chi connectivity index (χ0n) is 22.1. The number of benzene rings is 3. The molecule has 5 rings (SSSR count). The number of hydrogen-bond donors (Lipinski definition) is 3. The Morgan fingerprint density at radius 3 is 2.24 bits per heavy atom. The van der Waals surface area contributed by atoms with Gasteiger partial charge in [0.25, 0.3) is 5.91 Å². The highest BCUT2D eigenvalue weighted by Gasteiger charge is 2.28. The third-order valence-electron chi connectivity index (χ3n) is 6.39. The van der Waals surface area contributed by atoms with Crippen LogP contribution in [0.15, 0.2) is 83.1 Å². The van der Waals surface area contributed by atoms with Gasteiger partial charge in [0.2, 0.25) is 10.0 Å². The minimum Gasteiger partial charge on any atom is -0.485 e. The molecule has 1 aliphatic heterocycles. The fourth-order valence-electron chi connectivity index (χ4n) is 4.16. The summed E-state index contributed by atoms with van der Waals surface area (Å²) in [6.07, 6.45) is -0.401. The van der Waals surface area contributed by atoms with Crippen molar-refractivity contribution in [1.82, 2.24) is 9.71 Å². The summed E-state index contributed by atoms with van der Waals surface area (Å²) >= 11 is 1.32. The number of carbonyl (C=O) groups is 2. The Morgan fingerprint density at radius 1 is 0.976 bits per heavy atom. The number of amides is 1. The van der Waals surface area contributed by atoms with E-state index in [0.717, 1.165) is 11.1 Å². The molecule has 10 nitrogen and oxygen atoms in total. The number of carboxylic acid groups (broad SMARTS) is 1. The van der Waals surface area contributed by atoms with Crippen LogP contribution in [0.25, 0.3) is 11.1 Å². The molecule has 3 N–H and O–H groups in total. The molecule has 0 spiro atoms. The number of thiazole rings is 1. The van der Waals surface area contributed by atoms with Gasteiger partial charge in [-0.2, -0.15) is 4.72 Å². The molecule has 0 bridgehead atoms. The van der Waals surface area contributed by atoms with E-state index >= 15 is 0 Å². The number of aromatic nitrogens is 1. The van der Waals surface area contributed by atoms with Crippen LogP contribution in [0.4, 0.5) is 5.69 Å². The SMILES string of the molecule is CC(C)[C@H](NS(=O)(=O)c1ccc(-c2ccc(NC(=O)c3csc(C4COc5ccccc5O4)n3)cc2)cc1)C(=O)O. The minimum atomic E-state index is -4.01. The van der Waals surface area contributed by atoms with Crippen LogP contribution in [-0.2, 0) is 14.8 Å². The van der Waals surface area contributed by atoms with Gasteiger partial charge in [-0.25, -0.2) is 13.4 Å². The molecule has 1 aromatic heterocycles. The Labute approximate surface area is 241 Å². The third-order valence-corrected chi connectivity index (χ3v) is 8.79. The molecule has 12 heteroatoms. The highest BCUT2D eigenvalue weighted by Crippen LogP contribution is 2.36. The lowest BCUT2D eigenvalue weighted by Crippen LogP contribution is -2.44. The van der Waals surface area contributed by atoms with E-state index < -0.39 is 34.1 Å². The molecule has 0 aliphatic carbocycles. The van der Waals surface area contributed by atoms with Gasteiger partial charge in [-0.3, -0.25) is 9.59 Å². The number of carboxylic acids is 1. The van der Waals surface area contributed by atoms with Crippen LogP contribution in [0.3, 0.4) is 0 Å². The predicted molar refractivity (Wildman–Crippen MR) is 154 cm³/mol. The van der Waals surface area contributed by atoms with Crippen LogP contribution >= 0.6 is 11.3 Å². The van der Waals surface area contributed by atoms with E-state index in [9.17, 15) is 23.1 Å². The number of fused-ring (bicyclic) bond motifs is 1. The molecule has 0 radical (unpaired) electrons. The third kappa shape index (κ3) is 6.40. The topological polar surface area (TPSA) is 144 Å². The molecule has 2 atom stereocenters. The molecular formula is C29H27N3O7S2. The van der Waals surface area contributed by atoms with Gasteiger partial charge in [-0.05, 0) is 53.4 Å². The molecule has 1 amide bonds. The number of ether oxygens (including phenoxy) is 2. The molecule has 41 heavy (non-hydrogen) atoms. The maximum atomic E-state index is 12.8. The average Bonchev–Trinajstić information content (AvgIpc) is 3.47. The van der Waals surface area contributed by atoms with E-state index in [-0.39, 0.29) is 16.5 Å². The van der Waals surface area contributed by atoms with Gasteiger partial charge in [0.05, 0.1) is 4.90 Å². The lowest BCUT2D eigenvalue weighted by atomic mass is 10.1. The van der Waals surface area contributed by atoms with E-state index in [1.165, 1.54) is 23.5 Å². The Bertz CT molecular complexity index is 1670. The van der Waals surface area contributed by atoms with E-state index in [2.05, 4.69) is 15.0 Å². The van der Waals surface area contributed by atoms with Crippen molar-refractivity contribution < 1.29 is 32.6 Å². The van der Waals surface area contributed by atoms with Crippen molar-refractivity contribution in [2.75, 3.05) is 11.9 Å². The number of nitrogens with one attached hydrogen (secondary N) is 2. The number of carbonyl (C=O) groups excluding carboxylic acids is 1. The second-order valence-electron chi connectivity index (χ2n) is 9.67. The van der Waals surface area contributed by atoms with Gasteiger partial charge in [-0.1, -0.05) is 50.2 Å². The molecular weight excluding hydrogens is 566 g/mol. The van der Waals surface area contributed by atoms with Crippen molar-refractivity contribution in [2.24, 2.45) is 5.92 Å². The Kier molecular flexibility index (Phi) is 8.06. The van der Waals surface area contributed by atoms with Crippen molar-refractivity contribution in [3.63, 3.8) is 0 Å². The number of hydrogen-bond acceptors (Lipinski definition) is 8. The van der Waals surface area contributed by atoms with E-state index in [1.54, 1.807) is 55.6 Å². The van der Waals surface area contributed by atoms with E-state index in [4.69, 9.17) is 9.47 Å². The van der Waals surface area contributed by atoms with Crippen LogP contribution in [0.5, 0.6) is 11.5 Å². The van der Waals surface area contributed by atoms with Crippen LogP contribution in [0.1, 0.15) is 35.4 Å². The fourth-order valence-corrected chi connectivity index (χ4v) is 6.30. The van der Waals surface area contributed by atoms with Gasteiger partial charge in [0.15, 0.2) is 17.6 Å². The average molecular weight is 594 g/mol. The molecule has 3 aromatic carbocycles.